The third kappa shape index (κ3) is 4.06. The Bertz CT molecular complexity index is 526. The number of H-pyrrole nitrogens is 1. The second-order valence-electron chi connectivity index (χ2n) is 4.12. The highest BCUT2D eigenvalue weighted by atomic mass is 32.2. The van der Waals surface area contributed by atoms with Crippen molar-refractivity contribution in [3.8, 4) is 0 Å². The lowest BCUT2D eigenvalue weighted by Crippen LogP contribution is -2.30. The topological polar surface area (TPSA) is 83.6 Å². The van der Waals surface area contributed by atoms with Gasteiger partial charge in [0.05, 0.1) is 11.8 Å². The number of amides is 1. The summed E-state index contributed by atoms with van der Waals surface area (Å²) in [6, 6.07) is 8.10. The molecule has 0 spiro atoms. The van der Waals surface area contributed by atoms with E-state index in [9.17, 15) is 4.79 Å². The molecule has 0 aliphatic heterocycles. The van der Waals surface area contributed by atoms with Gasteiger partial charge in [-0.05, 0) is 26.0 Å². The van der Waals surface area contributed by atoms with E-state index >= 15 is 0 Å². The molecule has 1 aromatic carbocycles. The number of carbonyl (C=O) groups excluding carboxylic acids is 1. The molecule has 0 bridgehead atoms. The Morgan fingerprint density at radius 2 is 2.16 bits per heavy atom. The minimum atomic E-state index is -0.172. The number of thioether (sulfide) groups is 1. The highest BCUT2D eigenvalue weighted by Crippen LogP contribution is 2.23. The van der Waals surface area contributed by atoms with E-state index in [0.717, 1.165) is 4.90 Å². The number of benzene rings is 1. The summed E-state index contributed by atoms with van der Waals surface area (Å²) in [4.78, 5) is 13.0. The Kier molecular flexibility index (Phi) is 4.51. The van der Waals surface area contributed by atoms with Crippen LogP contribution in [0, 0.1) is 6.92 Å². The maximum absolute atomic E-state index is 11.9. The molecule has 2 N–H and O–H groups in total. The molecule has 2 aromatic rings. The van der Waals surface area contributed by atoms with E-state index in [0.29, 0.717) is 5.82 Å². The Balaban J connectivity index is 1.83. The second-order valence-corrected chi connectivity index (χ2v) is 5.53. The molecule has 0 saturated heterocycles. The molecule has 0 radical (unpaired) electrons. The number of hydrogen-bond acceptors (Lipinski definition) is 5. The molecule has 0 fully saturated rings. The van der Waals surface area contributed by atoms with Crippen LogP contribution >= 0.6 is 11.8 Å². The average molecular weight is 277 g/mol. The predicted molar refractivity (Wildman–Crippen MR) is 72.5 cm³/mol. The van der Waals surface area contributed by atoms with Crippen molar-refractivity contribution in [2.75, 3.05) is 0 Å². The van der Waals surface area contributed by atoms with Crippen LogP contribution in [0.25, 0.3) is 0 Å². The van der Waals surface area contributed by atoms with Crippen LogP contribution in [-0.2, 0) is 11.3 Å². The van der Waals surface area contributed by atoms with E-state index in [1.807, 2.05) is 38.1 Å². The number of aromatic amines is 1. The van der Waals surface area contributed by atoms with Crippen molar-refractivity contribution in [1.82, 2.24) is 25.9 Å². The van der Waals surface area contributed by atoms with Crippen LogP contribution in [0.5, 0.6) is 0 Å². The molecule has 1 aromatic heterocycles. The van der Waals surface area contributed by atoms with Crippen LogP contribution in [0.1, 0.15) is 18.3 Å². The van der Waals surface area contributed by atoms with Gasteiger partial charge in [-0.25, -0.2) is 0 Å². The first kappa shape index (κ1) is 13.5. The number of rotatable bonds is 5. The molecule has 19 heavy (non-hydrogen) atoms. The Morgan fingerprint density at radius 3 is 2.79 bits per heavy atom. The zero-order valence-electron chi connectivity index (χ0n) is 10.8. The molecule has 1 amide bonds. The monoisotopic (exact) mass is 277 g/mol. The van der Waals surface area contributed by atoms with Gasteiger partial charge in [-0.3, -0.25) is 4.79 Å². The molecule has 1 heterocycles. The predicted octanol–water partition coefficient (Wildman–Crippen LogP) is 1.31. The summed E-state index contributed by atoms with van der Waals surface area (Å²) < 4.78 is 0. The third-order valence-electron chi connectivity index (χ3n) is 2.51. The van der Waals surface area contributed by atoms with Crippen LogP contribution in [0.4, 0.5) is 0 Å². The number of aromatic nitrogens is 4. The number of aryl methyl sites for hydroxylation is 1. The number of nitrogens with zero attached hydrogens (tertiary/aromatic N) is 3. The van der Waals surface area contributed by atoms with Gasteiger partial charge >= 0.3 is 0 Å². The van der Waals surface area contributed by atoms with Gasteiger partial charge in [0, 0.05) is 4.90 Å². The maximum atomic E-state index is 11.9. The van der Waals surface area contributed by atoms with Crippen molar-refractivity contribution < 1.29 is 4.79 Å². The minimum absolute atomic E-state index is 0.0459. The van der Waals surface area contributed by atoms with Crippen molar-refractivity contribution in [2.24, 2.45) is 0 Å². The normalized spacial score (nSPS) is 12.1. The van der Waals surface area contributed by atoms with Crippen molar-refractivity contribution in [3.05, 3.63) is 35.7 Å². The summed E-state index contributed by atoms with van der Waals surface area (Å²) in [6.45, 7) is 4.19. The van der Waals surface area contributed by atoms with Crippen LogP contribution in [-0.4, -0.2) is 31.8 Å². The van der Waals surface area contributed by atoms with E-state index < -0.39 is 0 Å². The second kappa shape index (κ2) is 6.33. The molecule has 6 nitrogen and oxygen atoms in total. The van der Waals surface area contributed by atoms with Crippen LogP contribution < -0.4 is 5.32 Å². The fourth-order valence-electron chi connectivity index (χ4n) is 1.44. The summed E-state index contributed by atoms with van der Waals surface area (Å²) in [6.07, 6.45) is 0. The van der Waals surface area contributed by atoms with Gasteiger partial charge in [0.25, 0.3) is 0 Å². The van der Waals surface area contributed by atoms with Gasteiger partial charge in [0.15, 0.2) is 5.82 Å². The fourth-order valence-corrected chi connectivity index (χ4v) is 2.33. The van der Waals surface area contributed by atoms with Crippen molar-refractivity contribution in [2.45, 2.75) is 30.5 Å². The van der Waals surface area contributed by atoms with E-state index in [1.165, 1.54) is 17.3 Å². The van der Waals surface area contributed by atoms with Crippen LogP contribution in [0.2, 0.25) is 0 Å². The van der Waals surface area contributed by atoms with Gasteiger partial charge in [-0.2, -0.15) is 5.21 Å². The molecule has 2 rings (SSSR count). The standard InChI is InChI=1S/C12H15N5OS/c1-8-3-5-10(6-4-8)19-9(2)12(18)13-7-11-14-16-17-15-11/h3-6,9H,7H2,1-2H3,(H,13,18)(H,14,15,16,17). The van der Waals surface area contributed by atoms with E-state index in [4.69, 9.17) is 0 Å². The summed E-state index contributed by atoms with van der Waals surface area (Å²) in [7, 11) is 0. The highest BCUT2D eigenvalue weighted by molar-refractivity contribution is 8.00. The minimum Gasteiger partial charge on any atom is -0.348 e. The largest absolute Gasteiger partial charge is 0.348 e. The van der Waals surface area contributed by atoms with Crippen LogP contribution in [0.3, 0.4) is 0 Å². The summed E-state index contributed by atoms with van der Waals surface area (Å²) in [5.41, 5.74) is 1.21. The average Bonchev–Trinajstić information content (AvgIpc) is 2.91. The van der Waals surface area contributed by atoms with E-state index in [2.05, 4.69) is 25.9 Å². The Morgan fingerprint density at radius 1 is 1.42 bits per heavy atom. The van der Waals surface area contributed by atoms with Gasteiger partial charge in [0.2, 0.25) is 5.91 Å². The van der Waals surface area contributed by atoms with Crippen molar-refractivity contribution in [1.29, 1.82) is 0 Å². The quantitative estimate of drug-likeness (QED) is 0.805. The molecule has 0 aliphatic rings. The summed E-state index contributed by atoms with van der Waals surface area (Å²) >= 11 is 1.52. The maximum Gasteiger partial charge on any atom is 0.233 e. The molecule has 1 atom stereocenters. The molecule has 0 saturated carbocycles. The van der Waals surface area contributed by atoms with Crippen molar-refractivity contribution >= 4 is 17.7 Å². The van der Waals surface area contributed by atoms with Gasteiger partial charge in [0.1, 0.15) is 0 Å². The zero-order valence-corrected chi connectivity index (χ0v) is 11.6. The van der Waals surface area contributed by atoms with Gasteiger partial charge < -0.3 is 5.32 Å². The Hall–Kier alpha value is -1.89. The molecular formula is C12H15N5OS. The fraction of sp³-hybridized carbons (Fsp3) is 0.333. The molecule has 7 heteroatoms. The summed E-state index contributed by atoms with van der Waals surface area (Å²) in [5.74, 6) is 0.427. The number of tetrazole rings is 1. The van der Waals surface area contributed by atoms with E-state index in [-0.39, 0.29) is 17.7 Å². The smallest absolute Gasteiger partial charge is 0.233 e. The summed E-state index contributed by atoms with van der Waals surface area (Å²) in [5, 5.41) is 15.9. The van der Waals surface area contributed by atoms with Crippen molar-refractivity contribution in [3.63, 3.8) is 0 Å². The lowest BCUT2D eigenvalue weighted by atomic mass is 10.2. The number of nitrogens with one attached hydrogen (secondary N) is 2. The third-order valence-corrected chi connectivity index (χ3v) is 3.62. The first-order chi connectivity index (χ1) is 9.15. The first-order valence-electron chi connectivity index (χ1n) is 5.88. The molecule has 0 aliphatic carbocycles. The lowest BCUT2D eigenvalue weighted by molar-refractivity contribution is -0.120. The van der Waals surface area contributed by atoms with E-state index in [1.54, 1.807) is 0 Å². The van der Waals surface area contributed by atoms with Gasteiger partial charge in [-0.1, -0.05) is 22.9 Å². The van der Waals surface area contributed by atoms with Gasteiger partial charge in [-0.15, -0.1) is 22.0 Å². The Labute approximate surface area is 115 Å². The van der Waals surface area contributed by atoms with Crippen LogP contribution in [0.15, 0.2) is 29.2 Å². The number of hydrogen-bond donors (Lipinski definition) is 2. The SMILES string of the molecule is Cc1ccc(SC(C)C(=O)NCc2nn[nH]n2)cc1. The zero-order chi connectivity index (χ0) is 13.7. The lowest BCUT2D eigenvalue weighted by Gasteiger charge is -2.11. The molecule has 100 valence electrons. The molecule has 1 unspecified atom stereocenters. The highest BCUT2D eigenvalue weighted by Gasteiger charge is 2.14. The molecular weight excluding hydrogens is 262 g/mol. The first-order valence-corrected chi connectivity index (χ1v) is 6.76. The number of carbonyl (C=O) groups is 1.